The molecule has 2 spiro atoms. The average Bonchev–Trinajstić information content (AvgIpc) is 3.10. The molecule has 10 nitrogen and oxygen atoms in total. The number of piperidine rings is 1. The molecule has 3 saturated heterocycles. The number of fused-ring (bicyclic) bond motifs is 2. The number of ketones is 2. The minimum atomic E-state index is -3.71. The Hall–Kier alpha value is -2.44. The summed E-state index contributed by atoms with van der Waals surface area (Å²) < 4.78 is 39.8. The highest BCUT2D eigenvalue weighted by atomic mass is 32.2. The average molecular weight is 614 g/mol. The molecule has 2 unspecified atom stereocenters. The van der Waals surface area contributed by atoms with E-state index in [1.54, 1.807) is 18.2 Å². The molecule has 4 bridgehead atoms. The number of esters is 1. The third kappa shape index (κ3) is 3.48. The van der Waals surface area contributed by atoms with E-state index in [0.29, 0.717) is 19.3 Å². The van der Waals surface area contributed by atoms with E-state index in [1.807, 2.05) is 13.8 Å². The Morgan fingerprint density at radius 1 is 1.09 bits per heavy atom. The van der Waals surface area contributed by atoms with E-state index in [0.717, 1.165) is 0 Å². The van der Waals surface area contributed by atoms with Crippen LogP contribution in [0.25, 0.3) is 0 Å². The van der Waals surface area contributed by atoms with Gasteiger partial charge in [-0.25, -0.2) is 8.42 Å². The van der Waals surface area contributed by atoms with E-state index < -0.39 is 79.7 Å². The molecular weight excluding hydrogens is 574 g/mol. The number of rotatable bonds is 4. The standard InChI is InChI=1S/C32H39NO9S/c1-18-21-9-10-22-30-17-41-32(38,26(36)24(30)29(2,3)14-11-23(30)34)31(22,25(18)35)27(21)42-28(37)19-12-15-33(16-13-19)43(39,40)20-7-5-4-6-8-20/h4-8,19,21-22,24,26-27,36,38H,1,9-17H2,2-3H3/t21-,22-,24+,26-,27+,30?,31?,32-/m0/s1. The lowest BCUT2D eigenvalue weighted by molar-refractivity contribution is -0.437. The second-order valence-electron chi connectivity index (χ2n) is 14.2. The topological polar surface area (TPSA) is 148 Å². The van der Waals surface area contributed by atoms with Crippen molar-refractivity contribution in [1.82, 2.24) is 4.31 Å². The van der Waals surface area contributed by atoms with Crippen LogP contribution in [0, 0.1) is 39.9 Å². The first-order valence-corrected chi connectivity index (χ1v) is 16.8. The maximum absolute atomic E-state index is 14.3. The Labute approximate surface area is 251 Å². The number of nitrogens with zero attached hydrogens (tertiary/aromatic N) is 1. The molecular formula is C32H39NO9S. The Balaban J connectivity index is 1.20. The van der Waals surface area contributed by atoms with Crippen LogP contribution in [0.1, 0.15) is 52.4 Å². The highest BCUT2D eigenvalue weighted by Crippen LogP contribution is 2.76. The van der Waals surface area contributed by atoms with Crippen molar-refractivity contribution >= 4 is 27.6 Å². The van der Waals surface area contributed by atoms with Gasteiger partial charge in [-0.05, 0) is 61.1 Å². The number of Topliss-reactive ketones (excluding diaryl/α,β-unsaturated/α-hetero) is 2. The summed E-state index contributed by atoms with van der Waals surface area (Å²) >= 11 is 0. The smallest absolute Gasteiger partial charge is 0.309 e. The number of carbonyl (C=O) groups is 3. The van der Waals surface area contributed by atoms with Gasteiger partial charge in [0.1, 0.15) is 23.4 Å². The Kier molecular flexibility index (Phi) is 6.33. The summed E-state index contributed by atoms with van der Waals surface area (Å²) in [4.78, 5) is 42.1. The molecule has 43 heavy (non-hydrogen) atoms. The number of carbonyl (C=O) groups excluding carboxylic acids is 3. The van der Waals surface area contributed by atoms with Crippen molar-refractivity contribution < 1.29 is 42.5 Å². The maximum Gasteiger partial charge on any atom is 0.309 e. The third-order valence-electron chi connectivity index (χ3n) is 12.0. The van der Waals surface area contributed by atoms with Crippen LogP contribution < -0.4 is 0 Å². The van der Waals surface area contributed by atoms with Crippen molar-refractivity contribution in [2.24, 2.45) is 39.9 Å². The monoisotopic (exact) mass is 613 g/mol. The molecule has 7 aliphatic rings. The van der Waals surface area contributed by atoms with Crippen LogP contribution in [0.2, 0.25) is 0 Å². The Morgan fingerprint density at radius 2 is 1.77 bits per heavy atom. The predicted octanol–water partition coefficient (Wildman–Crippen LogP) is 2.24. The van der Waals surface area contributed by atoms with Crippen LogP contribution in [0.4, 0.5) is 0 Å². The summed E-state index contributed by atoms with van der Waals surface area (Å²) in [5.74, 6) is -6.03. The predicted molar refractivity (Wildman–Crippen MR) is 151 cm³/mol. The molecule has 2 N–H and O–H groups in total. The molecule has 1 aromatic rings. The molecule has 11 heteroatoms. The number of benzene rings is 1. The number of sulfonamides is 1. The van der Waals surface area contributed by atoms with Crippen LogP contribution in [0.15, 0.2) is 47.4 Å². The lowest BCUT2D eigenvalue weighted by Crippen LogP contribution is -2.85. The van der Waals surface area contributed by atoms with Gasteiger partial charge in [-0.1, -0.05) is 38.6 Å². The van der Waals surface area contributed by atoms with Crippen molar-refractivity contribution in [3.63, 3.8) is 0 Å². The fourth-order valence-corrected chi connectivity index (χ4v) is 11.6. The molecule has 4 saturated carbocycles. The normalized spacial score (nSPS) is 42.4. The van der Waals surface area contributed by atoms with Crippen molar-refractivity contribution in [1.29, 1.82) is 0 Å². The first-order valence-electron chi connectivity index (χ1n) is 15.3. The van der Waals surface area contributed by atoms with Gasteiger partial charge in [-0.3, -0.25) is 14.4 Å². The zero-order valence-corrected chi connectivity index (χ0v) is 25.3. The van der Waals surface area contributed by atoms with E-state index in [2.05, 4.69) is 6.58 Å². The highest BCUT2D eigenvalue weighted by molar-refractivity contribution is 7.89. The van der Waals surface area contributed by atoms with Gasteiger partial charge >= 0.3 is 5.97 Å². The van der Waals surface area contributed by atoms with E-state index in [9.17, 15) is 33.0 Å². The molecule has 4 aliphatic carbocycles. The van der Waals surface area contributed by atoms with Gasteiger partial charge < -0.3 is 19.7 Å². The van der Waals surface area contributed by atoms with Crippen molar-refractivity contribution in [3.8, 4) is 0 Å². The summed E-state index contributed by atoms with van der Waals surface area (Å²) in [6, 6.07) is 8.14. The van der Waals surface area contributed by atoms with Crippen LogP contribution in [-0.2, 0) is 33.9 Å². The lowest BCUT2D eigenvalue weighted by atomic mass is 9.36. The maximum atomic E-state index is 14.3. The second kappa shape index (κ2) is 9.29. The van der Waals surface area contributed by atoms with Crippen LogP contribution in [-0.4, -0.2) is 78.2 Å². The summed E-state index contributed by atoms with van der Waals surface area (Å²) in [6.07, 6.45) is -0.513. The van der Waals surface area contributed by atoms with E-state index in [-0.39, 0.29) is 55.2 Å². The van der Waals surface area contributed by atoms with Gasteiger partial charge in [-0.15, -0.1) is 0 Å². The van der Waals surface area contributed by atoms with Crippen molar-refractivity contribution in [2.75, 3.05) is 19.7 Å². The molecule has 0 radical (unpaired) electrons. The van der Waals surface area contributed by atoms with E-state index in [4.69, 9.17) is 9.47 Å². The third-order valence-corrected chi connectivity index (χ3v) is 13.9. The zero-order valence-electron chi connectivity index (χ0n) is 24.5. The fraction of sp³-hybridized carbons (Fsp3) is 0.656. The molecule has 232 valence electrons. The summed E-state index contributed by atoms with van der Waals surface area (Å²) in [6.45, 7) is 8.16. The van der Waals surface area contributed by atoms with Crippen LogP contribution >= 0.6 is 0 Å². The summed E-state index contributed by atoms with van der Waals surface area (Å²) in [5.41, 5.74) is -3.32. The zero-order chi connectivity index (χ0) is 30.7. The van der Waals surface area contributed by atoms with Gasteiger partial charge in [0.2, 0.25) is 15.8 Å². The number of aliphatic hydroxyl groups is 2. The van der Waals surface area contributed by atoms with Gasteiger partial charge in [0, 0.05) is 31.3 Å². The molecule has 0 amide bonds. The number of hydrogen-bond donors (Lipinski definition) is 2. The molecule has 1 aromatic carbocycles. The largest absolute Gasteiger partial charge is 0.460 e. The highest BCUT2D eigenvalue weighted by Gasteiger charge is 2.88. The van der Waals surface area contributed by atoms with Gasteiger partial charge in [-0.2, -0.15) is 4.31 Å². The van der Waals surface area contributed by atoms with E-state index >= 15 is 0 Å². The molecule has 8 atom stereocenters. The first-order chi connectivity index (χ1) is 20.2. The van der Waals surface area contributed by atoms with Crippen molar-refractivity contribution in [2.45, 2.75) is 75.3 Å². The van der Waals surface area contributed by atoms with Gasteiger partial charge in [0.25, 0.3) is 0 Å². The lowest BCUT2D eigenvalue weighted by Gasteiger charge is -2.73. The molecule has 3 heterocycles. The summed E-state index contributed by atoms with van der Waals surface area (Å²) in [7, 11) is -3.71. The quantitative estimate of drug-likeness (QED) is 0.385. The first kappa shape index (κ1) is 29.3. The molecule has 3 aliphatic heterocycles. The van der Waals surface area contributed by atoms with Crippen LogP contribution in [0.5, 0.6) is 0 Å². The summed E-state index contributed by atoms with van der Waals surface area (Å²) in [5, 5.41) is 24.2. The number of hydrogen-bond acceptors (Lipinski definition) is 9. The second-order valence-corrected chi connectivity index (χ2v) is 16.1. The SMILES string of the molecule is C=C1C(=O)C23[C@H](OC(=O)C4CCN(S(=O)(=O)c5ccccc5)CC4)[C@H]1CC[C@H]2C12CO[C@@]3(O)[C@@H](O)[C@@H]1C(C)(C)CCC2=O. The molecule has 8 rings (SSSR count). The van der Waals surface area contributed by atoms with Crippen molar-refractivity contribution in [3.05, 3.63) is 42.5 Å². The number of ether oxygens (including phenoxy) is 2. The minimum Gasteiger partial charge on any atom is -0.460 e. The van der Waals surface area contributed by atoms with Gasteiger partial charge in [0.05, 0.1) is 22.8 Å². The fourth-order valence-electron chi connectivity index (χ4n) is 10.1. The minimum absolute atomic E-state index is 0.0807. The van der Waals surface area contributed by atoms with E-state index in [1.165, 1.54) is 16.4 Å². The Morgan fingerprint density at radius 3 is 2.44 bits per heavy atom. The molecule has 7 fully saturated rings. The number of aliphatic hydroxyl groups excluding tert-OH is 1. The molecule has 0 aromatic heterocycles. The van der Waals surface area contributed by atoms with Gasteiger partial charge in [0.15, 0.2) is 5.78 Å². The Bertz CT molecular complexity index is 1520. The van der Waals surface area contributed by atoms with Crippen LogP contribution in [0.3, 0.4) is 0 Å².